The molecular weight excluding hydrogens is 530 g/mol. The average Bonchev–Trinajstić information content (AvgIpc) is 2.93. The van der Waals surface area contributed by atoms with Crippen LogP contribution in [0.1, 0.15) is 38.7 Å². The monoisotopic (exact) mass is 581 g/mol. The SMILES string of the molecule is CCNCCNCC(CNCCNCC)(NCCNN)NC(=O)CCCC(=O)N[C@@H](Cc1ccc(O)cc1)C(=O)O. The number of aliphatic carboxylic acids is 1. The van der Waals surface area contributed by atoms with Gasteiger partial charge in [0.05, 0.1) is 0 Å². The summed E-state index contributed by atoms with van der Waals surface area (Å²) in [7, 11) is 0. The summed E-state index contributed by atoms with van der Waals surface area (Å²) in [5.41, 5.74) is 2.49. The van der Waals surface area contributed by atoms with E-state index in [1.165, 1.54) is 12.1 Å². The van der Waals surface area contributed by atoms with E-state index in [1.807, 2.05) is 13.8 Å². The number of nitrogens with two attached hydrogens (primary N) is 1. The summed E-state index contributed by atoms with van der Waals surface area (Å²) in [6.07, 6.45) is 0.434. The fourth-order valence-electron chi connectivity index (χ4n) is 4.08. The first-order valence-corrected chi connectivity index (χ1v) is 14.4. The number of amides is 2. The molecule has 0 unspecified atom stereocenters. The van der Waals surface area contributed by atoms with Crippen LogP contribution in [0, 0.1) is 0 Å². The van der Waals surface area contributed by atoms with Gasteiger partial charge in [-0.2, -0.15) is 0 Å². The van der Waals surface area contributed by atoms with Gasteiger partial charge in [-0.25, -0.2) is 4.79 Å². The Labute approximate surface area is 243 Å². The molecule has 1 atom stereocenters. The van der Waals surface area contributed by atoms with Gasteiger partial charge >= 0.3 is 5.97 Å². The van der Waals surface area contributed by atoms with Gasteiger partial charge in [0.25, 0.3) is 0 Å². The standard InChI is InChI=1S/C27H51N9O5/c1-3-29-12-14-31-19-27(33-16-17-34-28,20-32-15-13-30-4-2)36-25(39)7-5-6-24(38)35-23(26(40)41)18-21-8-10-22(37)11-9-21/h8-11,23,29-34,37H,3-7,12-20,28H2,1-2H3,(H,35,38)(H,36,39)(H,40,41)/t23-/m0/s1. The predicted octanol–water partition coefficient (Wildman–Crippen LogP) is -2.06. The van der Waals surface area contributed by atoms with Gasteiger partial charge in [0, 0.05) is 71.6 Å². The van der Waals surface area contributed by atoms with Crippen molar-refractivity contribution in [2.75, 3.05) is 65.4 Å². The number of aromatic hydroxyl groups is 1. The molecule has 1 aromatic rings. The molecule has 0 radical (unpaired) electrons. The fourth-order valence-corrected chi connectivity index (χ4v) is 4.08. The van der Waals surface area contributed by atoms with Crippen molar-refractivity contribution in [3.05, 3.63) is 29.8 Å². The summed E-state index contributed by atoms with van der Waals surface area (Å²) < 4.78 is 0. The molecule has 41 heavy (non-hydrogen) atoms. The minimum atomic E-state index is -1.16. The van der Waals surface area contributed by atoms with Gasteiger partial charge in [-0.3, -0.25) is 26.2 Å². The molecule has 0 spiro atoms. The van der Waals surface area contributed by atoms with Crippen LogP contribution in [-0.4, -0.2) is 105 Å². The second kappa shape index (κ2) is 21.8. The summed E-state index contributed by atoms with van der Waals surface area (Å²) >= 11 is 0. The lowest BCUT2D eigenvalue weighted by Gasteiger charge is -2.37. The Morgan fingerprint density at radius 2 is 1.39 bits per heavy atom. The van der Waals surface area contributed by atoms with Crippen LogP contribution >= 0.6 is 0 Å². The third-order valence-electron chi connectivity index (χ3n) is 6.24. The molecule has 0 fully saturated rings. The van der Waals surface area contributed by atoms with Gasteiger partial charge in [-0.05, 0) is 37.2 Å². The van der Waals surface area contributed by atoms with Crippen molar-refractivity contribution >= 4 is 17.8 Å². The Morgan fingerprint density at radius 3 is 1.93 bits per heavy atom. The number of carbonyl (C=O) groups is 3. The number of hydrogen-bond donors (Lipinski definition) is 11. The van der Waals surface area contributed by atoms with Gasteiger partial charge in [-0.15, -0.1) is 0 Å². The second-order valence-electron chi connectivity index (χ2n) is 9.75. The third-order valence-corrected chi connectivity index (χ3v) is 6.24. The van der Waals surface area contributed by atoms with Crippen LogP contribution in [0.2, 0.25) is 0 Å². The van der Waals surface area contributed by atoms with E-state index in [-0.39, 0.29) is 37.3 Å². The lowest BCUT2D eigenvalue weighted by atomic mass is 10.1. The van der Waals surface area contributed by atoms with Crippen molar-refractivity contribution in [2.45, 2.75) is 51.2 Å². The highest BCUT2D eigenvalue weighted by Gasteiger charge is 2.30. The molecule has 1 rings (SSSR count). The van der Waals surface area contributed by atoms with E-state index in [2.05, 4.69) is 42.6 Å². The first kappa shape index (κ1) is 36.2. The highest BCUT2D eigenvalue weighted by Crippen LogP contribution is 2.12. The van der Waals surface area contributed by atoms with Crippen LogP contribution in [0.4, 0.5) is 0 Å². The summed E-state index contributed by atoms with van der Waals surface area (Å²) in [5.74, 6) is 3.70. The van der Waals surface area contributed by atoms with Crippen LogP contribution in [0.15, 0.2) is 24.3 Å². The molecule has 14 nitrogen and oxygen atoms in total. The fraction of sp³-hybridized carbons (Fsp3) is 0.667. The first-order chi connectivity index (χ1) is 19.7. The van der Waals surface area contributed by atoms with Crippen LogP contribution in [0.5, 0.6) is 5.75 Å². The number of carbonyl (C=O) groups excluding carboxylic acids is 2. The molecule has 12 N–H and O–H groups in total. The second-order valence-corrected chi connectivity index (χ2v) is 9.75. The number of hydrogen-bond acceptors (Lipinski definition) is 11. The molecule has 0 aromatic heterocycles. The van der Waals surface area contributed by atoms with Gasteiger partial charge in [-0.1, -0.05) is 26.0 Å². The van der Waals surface area contributed by atoms with E-state index in [9.17, 15) is 24.6 Å². The minimum Gasteiger partial charge on any atom is -0.508 e. The molecule has 1 aromatic carbocycles. The molecule has 2 amide bonds. The van der Waals surface area contributed by atoms with E-state index >= 15 is 0 Å². The molecular formula is C27H51N9O5. The largest absolute Gasteiger partial charge is 0.508 e. The van der Waals surface area contributed by atoms with E-state index in [0.29, 0.717) is 44.8 Å². The lowest BCUT2D eigenvalue weighted by molar-refractivity contribution is -0.141. The average molecular weight is 582 g/mol. The number of likely N-dealkylation sites (N-methyl/N-ethyl adjacent to an activating group) is 2. The summed E-state index contributed by atoms with van der Waals surface area (Å²) in [6.45, 7) is 10.8. The van der Waals surface area contributed by atoms with Crippen LogP contribution in [0.3, 0.4) is 0 Å². The number of nitrogens with one attached hydrogen (secondary N) is 8. The van der Waals surface area contributed by atoms with Crippen LogP contribution in [0.25, 0.3) is 0 Å². The Morgan fingerprint density at radius 1 is 0.829 bits per heavy atom. The van der Waals surface area contributed by atoms with Crippen LogP contribution in [-0.2, 0) is 20.8 Å². The summed E-state index contributed by atoms with van der Waals surface area (Å²) in [5, 5.41) is 41.3. The van der Waals surface area contributed by atoms with Crippen molar-refractivity contribution in [1.29, 1.82) is 0 Å². The number of carboxylic acids is 1. The predicted molar refractivity (Wildman–Crippen MR) is 159 cm³/mol. The Balaban J connectivity index is 2.71. The van der Waals surface area contributed by atoms with E-state index in [1.54, 1.807) is 12.1 Å². The third kappa shape index (κ3) is 16.9. The molecule has 0 bridgehead atoms. The molecule has 0 aliphatic heterocycles. The molecule has 0 heterocycles. The number of carboxylic acid groups (broad SMARTS) is 1. The Bertz CT molecular complexity index is 859. The van der Waals surface area contributed by atoms with Crippen LogP contribution < -0.4 is 48.5 Å². The zero-order chi connectivity index (χ0) is 30.3. The van der Waals surface area contributed by atoms with E-state index in [4.69, 9.17) is 5.84 Å². The van der Waals surface area contributed by atoms with Crippen molar-refractivity contribution in [3.8, 4) is 5.75 Å². The van der Waals surface area contributed by atoms with Gasteiger partial charge < -0.3 is 42.1 Å². The summed E-state index contributed by atoms with van der Waals surface area (Å²) in [4.78, 5) is 37.2. The molecule has 0 saturated carbocycles. The van der Waals surface area contributed by atoms with Crippen molar-refractivity contribution in [1.82, 2.24) is 42.6 Å². The first-order valence-electron chi connectivity index (χ1n) is 14.4. The van der Waals surface area contributed by atoms with Gasteiger partial charge in [0.2, 0.25) is 11.8 Å². The maximum atomic E-state index is 13.0. The highest BCUT2D eigenvalue weighted by molar-refractivity contribution is 5.84. The molecule has 0 aliphatic rings. The van der Waals surface area contributed by atoms with Gasteiger partial charge in [0.15, 0.2) is 0 Å². The minimum absolute atomic E-state index is 0.00613. The lowest BCUT2D eigenvalue weighted by Crippen LogP contribution is -2.69. The molecule has 0 aliphatic carbocycles. The number of rotatable bonds is 25. The maximum absolute atomic E-state index is 13.0. The van der Waals surface area contributed by atoms with E-state index < -0.39 is 23.6 Å². The number of phenols is 1. The number of phenolic OH excluding ortho intramolecular Hbond substituents is 1. The zero-order valence-electron chi connectivity index (χ0n) is 24.5. The molecule has 234 valence electrons. The van der Waals surface area contributed by atoms with Gasteiger partial charge in [0.1, 0.15) is 17.5 Å². The van der Waals surface area contributed by atoms with Crippen molar-refractivity contribution in [3.63, 3.8) is 0 Å². The highest BCUT2D eigenvalue weighted by atomic mass is 16.4. The Hall–Kier alpha value is -2.85. The normalized spacial score (nSPS) is 12.2. The number of benzene rings is 1. The van der Waals surface area contributed by atoms with E-state index in [0.717, 1.165) is 26.2 Å². The quantitative estimate of drug-likeness (QED) is 0.0260. The number of hydrazine groups is 1. The molecule has 0 saturated heterocycles. The maximum Gasteiger partial charge on any atom is 0.326 e. The smallest absolute Gasteiger partial charge is 0.326 e. The topological polar surface area (TPSA) is 214 Å². The molecule has 14 heteroatoms. The van der Waals surface area contributed by atoms with Crippen molar-refractivity contribution < 1.29 is 24.6 Å². The summed E-state index contributed by atoms with van der Waals surface area (Å²) in [6, 6.07) is 5.03. The van der Waals surface area contributed by atoms with Crippen molar-refractivity contribution in [2.24, 2.45) is 5.84 Å². The zero-order valence-corrected chi connectivity index (χ0v) is 24.5. The Kier molecular flexibility index (Phi) is 19.3.